The number of carbonyl (C=O) groups is 3. The van der Waals surface area contributed by atoms with Gasteiger partial charge in [0.25, 0.3) is 0 Å². The number of esters is 2. The van der Waals surface area contributed by atoms with Crippen molar-refractivity contribution in [3.63, 3.8) is 0 Å². The number of carbonyl (C=O) groups excluding carboxylic acids is 3. The highest BCUT2D eigenvalue weighted by molar-refractivity contribution is 6.04. The maximum Gasteiger partial charge on any atom is 0.344 e. The van der Waals surface area contributed by atoms with Crippen molar-refractivity contribution in [3.05, 3.63) is 57.9 Å². The van der Waals surface area contributed by atoms with Gasteiger partial charge >= 0.3 is 11.9 Å². The average molecular weight is 379 g/mol. The molecule has 6 nitrogen and oxygen atoms in total. The lowest BCUT2D eigenvalue weighted by Crippen LogP contribution is -2.26. The Morgan fingerprint density at radius 1 is 1.07 bits per heavy atom. The van der Waals surface area contributed by atoms with E-state index in [1.165, 1.54) is 6.92 Å². The summed E-state index contributed by atoms with van der Waals surface area (Å²) in [5, 5.41) is 0. The molecule has 1 N–H and O–H groups in total. The molecular formula is C19H19F2NO5. The quantitative estimate of drug-likeness (QED) is 0.613. The summed E-state index contributed by atoms with van der Waals surface area (Å²) < 4.78 is 37.2. The number of aryl methyl sites for hydroxylation is 1. The standard InChI is InChI=1S/C19H19F2NO5/c1-5-26-18(24)14-9(2)16(22-10(14)3)17(23)11(4)27-19(25)15-12(20)7-6-8-13(15)21/h6-8,11,22H,5H2,1-4H3/t11-/m0/s1. The zero-order valence-corrected chi connectivity index (χ0v) is 15.3. The third-order valence-corrected chi connectivity index (χ3v) is 3.98. The first-order valence-corrected chi connectivity index (χ1v) is 8.24. The van der Waals surface area contributed by atoms with Crippen molar-refractivity contribution in [2.75, 3.05) is 6.61 Å². The highest BCUT2D eigenvalue weighted by atomic mass is 19.1. The SMILES string of the molecule is CCOC(=O)c1c(C)[nH]c(C(=O)[C@H](C)OC(=O)c2c(F)cccc2F)c1C. The molecule has 2 aromatic rings. The van der Waals surface area contributed by atoms with Crippen LogP contribution in [0.4, 0.5) is 8.78 Å². The molecule has 0 aliphatic rings. The molecule has 0 fully saturated rings. The number of halogens is 2. The van der Waals surface area contributed by atoms with Gasteiger partial charge in [-0.25, -0.2) is 18.4 Å². The first-order chi connectivity index (χ1) is 12.7. The molecule has 2 rings (SSSR count). The van der Waals surface area contributed by atoms with Gasteiger partial charge in [-0.05, 0) is 45.4 Å². The number of Topliss-reactive ketones (excluding diaryl/α,β-unsaturated/α-hetero) is 1. The molecule has 1 aromatic carbocycles. The van der Waals surface area contributed by atoms with Crippen molar-refractivity contribution in [1.29, 1.82) is 0 Å². The van der Waals surface area contributed by atoms with Crippen molar-refractivity contribution in [2.24, 2.45) is 0 Å². The second-order valence-electron chi connectivity index (χ2n) is 5.85. The Labute approximate surface area is 154 Å². The van der Waals surface area contributed by atoms with Crippen LogP contribution in [0.1, 0.15) is 56.3 Å². The molecule has 0 aliphatic heterocycles. The minimum Gasteiger partial charge on any atom is -0.462 e. The number of ketones is 1. The lowest BCUT2D eigenvalue weighted by atomic mass is 10.1. The lowest BCUT2D eigenvalue weighted by molar-refractivity contribution is 0.0307. The molecule has 0 saturated carbocycles. The van der Waals surface area contributed by atoms with E-state index in [0.29, 0.717) is 11.3 Å². The summed E-state index contributed by atoms with van der Waals surface area (Å²) in [5.41, 5.74) is 0.177. The van der Waals surface area contributed by atoms with Gasteiger partial charge in [0.1, 0.15) is 17.2 Å². The molecule has 27 heavy (non-hydrogen) atoms. The fourth-order valence-electron chi connectivity index (χ4n) is 2.67. The molecule has 8 heteroatoms. The number of nitrogens with one attached hydrogen (secondary N) is 1. The Hall–Kier alpha value is -3.03. The van der Waals surface area contributed by atoms with Crippen molar-refractivity contribution >= 4 is 17.7 Å². The largest absolute Gasteiger partial charge is 0.462 e. The highest BCUT2D eigenvalue weighted by Gasteiger charge is 2.29. The predicted molar refractivity (Wildman–Crippen MR) is 91.8 cm³/mol. The van der Waals surface area contributed by atoms with E-state index in [9.17, 15) is 23.2 Å². The van der Waals surface area contributed by atoms with Gasteiger partial charge in [-0.15, -0.1) is 0 Å². The van der Waals surface area contributed by atoms with Gasteiger partial charge in [0.2, 0.25) is 5.78 Å². The van der Waals surface area contributed by atoms with Crippen LogP contribution in [0.15, 0.2) is 18.2 Å². The van der Waals surface area contributed by atoms with Crippen LogP contribution in [-0.4, -0.2) is 35.4 Å². The summed E-state index contributed by atoms with van der Waals surface area (Å²) in [6, 6.07) is 2.94. The predicted octanol–water partition coefficient (Wildman–Crippen LogP) is 3.51. The molecule has 0 aliphatic carbocycles. The summed E-state index contributed by atoms with van der Waals surface area (Å²) in [7, 11) is 0. The Morgan fingerprint density at radius 3 is 2.22 bits per heavy atom. The Morgan fingerprint density at radius 2 is 1.67 bits per heavy atom. The zero-order valence-electron chi connectivity index (χ0n) is 15.3. The van der Waals surface area contributed by atoms with Crippen molar-refractivity contribution in [1.82, 2.24) is 4.98 Å². The van der Waals surface area contributed by atoms with Crippen LogP contribution in [0.3, 0.4) is 0 Å². The van der Waals surface area contributed by atoms with E-state index in [0.717, 1.165) is 18.2 Å². The monoisotopic (exact) mass is 379 g/mol. The first kappa shape index (κ1) is 20.3. The Bertz CT molecular complexity index is 883. The number of aromatic amines is 1. The topological polar surface area (TPSA) is 85.5 Å². The third kappa shape index (κ3) is 4.05. The molecular weight excluding hydrogens is 360 g/mol. The fraction of sp³-hybridized carbons (Fsp3) is 0.316. The van der Waals surface area contributed by atoms with E-state index in [4.69, 9.17) is 9.47 Å². The molecule has 0 spiro atoms. The van der Waals surface area contributed by atoms with Crippen LogP contribution in [0.25, 0.3) is 0 Å². The molecule has 0 unspecified atom stereocenters. The molecule has 1 aromatic heterocycles. The molecule has 0 radical (unpaired) electrons. The van der Waals surface area contributed by atoms with Gasteiger partial charge < -0.3 is 14.5 Å². The van der Waals surface area contributed by atoms with Crippen LogP contribution in [0.2, 0.25) is 0 Å². The minimum absolute atomic E-state index is 0.0601. The van der Waals surface area contributed by atoms with E-state index in [1.807, 2.05) is 0 Å². The summed E-state index contributed by atoms with van der Waals surface area (Å²) in [6.45, 7) is 6.26. The maximum absolute atomic E-state index is 13.7. The average Bonchev–Trinajstić information content (AvgIpc) is 2.88. The van der Waals surface area contributed by atoms with Gasteiger partial charge in [0, 0.05) is 5.69 Å². The number of aromatic nitrogens is 1. The van der Waals surface area contributed by atoms with Crippen LogP contribution in [0.5, 0.6) is 0 Å². The number of rotatable bonds is 6. The van der Waals surface area contributed by atoms with Crippen LogP contribution >= 0.6 is 0 Å². The van der Waals surface area contributed by atoms with E-state index in [1.54, 1.807) is 20.8 Å². The molecule has 0 saturated heterocycles. The smallest absolute Gasteiger partial charge is 0.344 e. The molecule has 1 heterocycles. The summed E-state index contributed by atoms with van der Waals surface area (Å²) in [4.78, 5) is 39.4. The van der Waals surface area contributed by atoms with E-state index in [-0.39, 0.29) is 17.9 Å². The molecule has 144 valence electrons. The van der Waals surface area contributed by atoms with Crippen LogP contribution in [-0.2, 0) is 9.47 Å². The van der Waals surface area contributed by atoms with Crippen molar-refractivity contribution < 1.29 is 32.6 Å². The minimum atomic E-state index is -1.33. The summed E-state index contributed by atoms with van der Waals surface area (Å²) >= 11 is 0. The zero-order chi connectivity index (χ0) is 20.3. The van der Waals surface area contributed by atoms with Gasteiger partial charge in [-0.1, -0.05) is 6.07 Å². The molecule has 0 amide bonds. The van der Waals surface area contributed by atoms with Gasteiger partial charge in [0.05, 0.1) is 17.9 Å². The van der Waals surface area contributed by atoms with Crippen molar-refractivity contribution in [3.8, 4) is 0 Å². The third-order valence-electron chi connectivity index (χ3n) is 3.98. The van der Waals surface area contributed by atoms with E-state index in [2.05, 4.69) is 4.98 Å². The fourth-order valence-corrected chi connectivity index (χ4v) is 2.67. The first-order valence-electron chi connectivity index (χ1n) is 8.24. The molecule has 1 atom stereocenters. The normalized spacial score (nSPS) is 11.8. The van der Waals surface area contributed by atoms with Crippen LogP contribution < -0.4 is 0 Å². The van der Waals surface area contributed by atoms with Crippen molar-refractivity contribution in [2.45, 2.75) is 33.8 Å². The summed E-state index contributed by atoms with van der Waals surface area (Å²) in [5.74, 6) is -4.69. The van der Waals surface area contributed by atoms with Crippen LogP contribution in [0, 0.1) is 25.5 Å². The van der Waals surface area contributed by atoms with Gasteiger partial charge in [-0.3, -0.25) is 4.79 Å². The van der Waals surface area contributed by atoms with E-state index >= 15 is 0 Å². The number of benzene rings is 1. The van der Waals surface area contributed by atoms with Gasteiger partial charge in [0.15, 0.2) is 6.10 Å². The summed E-state index contributed by atoms with van der Waals surface area (Å²) in [6.07, 6.45) is -1.33. The Balaban J connectivity index is 2.24. The molecule has 0 bridgehead atoms. The number of hydrogen-bond donors (Lipinski definition) is 1. The number of ether oxygens (including phenoxy) is 2. The lowest BCUT2D eigenvalue weighted by Gasteiger charge is -2.13. The number of hydrogen-bond acceptors (Lipinski definition) is 5. The maximum atomic E-state index is 13.7. The second kappa shape index (κ2) is 8.11. The second-order valence-corrected chi connectivity index (χ2v) is 5.85. The Kier molecular flexibility index (Phi) is 6.09. The number of H-pyrrole nitrogens is 1. The highest BCUT2D eigenvalue weighted by Crippen LogP contribution is 2.22. The van der Waals surface area contributed by atoms with Gasteiger partial charge in [-0.2, -0.15) is 0 Å². The van der Waals surface area contributed by atoms with E-state index < -0.39 is 41.0 Å².